The number of benzene rings is 2. The van der Waals surface area contributed by atoms with E-state index in [2.05, 4.69) is 26.0 Å². The first-order chi connectivity index (χ1) is 10.9. The van der Waals surface area contributed by atoms with Crippen LogP contribution in [0.3, 0.4) is 0 Å². The Morgan fingerprint density at radius 1 is 1.09 bits per heavy atom. The highest BCUT2D eigenvalue weighted by molar-refractivity contribution is 9.10. The van der Waals surface area contributed by atoms with Gasteiger partial charge in [-0.3, -0.25) is 4.79 Å². The Balaban J connectivity index is 1.97. The van der Waals surface area contributed by atoms with Crippen LogP contribution in [0.25, 0.3) is 0 Å². The molecule has 0 radical (unpaired) electrons. The number of carbonyl (C=O) groups is 1. The van der Waals surface area contributed by atoms with E-state index in [-0.39, 0.29) is 11.4 Å². The first-order valence-corrected chi connectivity index (χ1v) is 9.33. The van der Waals surface area contributed by atoms with Crippen LogP contribution in [0.2, 0.25) is 0 Å². The lowest BCUT2D eigenvalue weighted by Crippen LogP contribution is -2.33. The number of hydrogen-bond donors (Lipinski definition) is 2. The molecule has 0 bridgehead atoms. The van der Waals surface area contributed by atoms with Gasteiger partial charge in [-0.25, -0.2) is 13.1 Å². The van der Waals surface area contributed by atoms with Crippen molar-refractivity contribution in [3.63, 3.8) is 0 Å². The van der Waals surface area contributed by atoms with Crippen LogP contribution in [-0.2, 0) is 21.2 Å². The van der Waals surface area contributed by atoms with Crippen molar-refractivity contribution in [3.8, 4) is 0 Å². The largest absolute Gasteiger partial charge is 0.325 e. The van der Waals surface area contributed by atoms with Crippen LogP contribution >= 0.6 is 15.9 Å². The Bertz CT molecular complexity index is 789. The molecule has 2 rings (SSSR count). The minimum atomic E-state index is -3.75. The van der Waals surface area contributed by atoms with Gasteiger partial charge < -0.3 is 5.32 Å². The highest BCUT2D eigenvalue weighted by Gasteiger charge is 2.18. The van der Waals surface area contributed by atoms with Crippen molar-refractivity contribution in [2.24, 2.45) is 0 Å². The molecule has 122 valence electrons. The highest BCUT2D eigenvalue weighted by Crippen LogP contribution is 2.20. The number of sulfonamides is 1. The number of anilines is 1. The molecule has 0 saturated heterocycles. The summed E-state index contributed by atoms with van der Waals surface area (Å²) < 4.78 is 27.1. The van der Waals surface area contributed by atoms with Gasteiger partial charge in [-0.1, -0.05) is 31.2 Å². The molecule has 0 aliphatic rings. The third-order valence-electron chi connectivity index (χ3n) is 3.19. The molecule has 0 aromatic heterocycles. The average Bonchev–Trinajstić information content (AvgIpc) is 2.54. The topological polar surface area (TPSA) is 75.3 Å². The van der Waals surface area contributed by atoms with Gasteiger partial charge in [0.15, 0.2) is 0 Å². The molecule has 7 heteroatoms. The highest BCUT2D eigenvalue weighted by atomic mass is 79.9. The van der Waals surface area contributed by atoms with Crippen molar-refractivity contribution in [2.45, 2.75) is 18.2 Å². The van der Waals surface area contributed by atoms with Crippen molar-refractivity contribution in [2.75, 3.05) is 11.9 Å². The SMILES string of the molecule is CCc1ccc(NC(=O)CNS(=O)(=O)c2ccccc2Br)cc1. The molecule has 1 amide bonds. The number of rotatable bonds is 6. The number of nitrogens with one attached hydrogen (secondary N) is 2. The Morgan fingerprint density at radius 2 is 1.74 bits per heavy atom. The van der Waals surface area contributed by atoms with Gasteiger partial charge >= 0.3 is 0 Å². The van der Waals surface area contributed by atoms with Crippen LogP contribution in [0.4, 0.5) is 5.69 Å². The third-order valence-corrected chi connectivity index (χ3v) is 5.61. The van der Waals surface area contributed by atoms with Gasteiger partial charge in [0, 0.05) is 10.2 Å². The van der Waals surface area contributed by atoms with Crippen molar-refractivity contribution in [1.82, 2.24) is 4.72 Å². The molecule has 0 heterocycles. The monoisotopic (exact) mass is 396 g/mol. The fourth-order valence-electron chi connectivity index (χ4n) is 1.93. The van der Waals surface area contributed by atoms with Gasteiger partial charge in [-0.2, -0.15) is 0 Å². The predicted molar refractivity (Wildman–Crippen MR) is 93.8 cm³/mol. The van der Waals surface area contributed by atoms with E-state index in [4.69, 9.17) is 0 Å². The van der Waals surface area contributed by atoms with Crippen LogP contribution in [0.15, 0.2) is 57.9 Å². The Morgan fingerprint density at radius 3 is 2.35 bits per heavy atom. The number of aryl methyl sites for hydroxylation is 1. The van der Waals surface area contributed by atoms with E-state index in [1.165, 1.54) is 6.07 Å². The minimum Gasteiger partial charge on any atom is -0.325 e. The summed E-state index contributed by atoms with van der Waals surface area (Å²) in [5, 5.41) is 2.65. The minimum absolute atomic E-state index is 0.0973. The summed E-state index contributed by atoms with van der Waals surface area (Å²) in [6.07, 6.45) is 0.917. The molecule has 2 aromatic rings. The summed E-state index contributed by atoms with van der Waals surface area (Å²) in [5.41, 5.74) is 1.80. The van der Waals surface area contributed by atoms with Crippen molar-refractivity contribution < 1.29 is 13.2 Å². The van der Waals surface area contributed by atoms with Crippen LogP contribution in [0.1, 0.15) is 12.5 Å². The maximum absolute atomic E-state index is 12.2. The summed E-state index contributed by atoms with van der Waals surface area (Å²) in [7, 11) is -3.75. The van der Waals surface area contributed by atoms with E-state index in [0.29, 0.717) is 10.2 Å². The van der Waals surface area contributed by atoms with Crippen molar-refractivity contribution in [1.29, 1.82) is 0 Å². The molecular weight excluding hydrogens is 380 g/mol. The average molecular weight is 397 g/mol. The molecule has 2 N–H and O–H groups in total. The van der Waals surface area contributed by atoms with Crippen LogP contribution < -0.4 is 10.0 Å². The van der Waals surface area contributed by atoms with Gasteiger partial charge in [0.25, 0.3) is 0 Å². The maximum Gasteiger partial charge on any atom is 0.242 e. The molecule has 0 unspecified atom stereocenters. The lowest BCUT2D eigenvalue weighted by Gasteiger charge is -2.09. The normalized spacial score (nSPS) is 11.2. The molecule has 0 atom stereocenters. The fourth-order valence-corrected chi connectivity index (χ4v) is 3.91. The Kier molecular flexibility index (Phi) is 5.92. The van der Waals surface area contributed by atoms with Gasteiger partial charge in [0.05, 0.1) is 11.4 Å². The molecule has 2 aromatic carbocycles. The fraction of sp³-hybridized carbons (Fsp3) is 0.188. The zero-order valence-electron chi connectivity index (χ0n) is 12.5. The summed E-state index contributed by atoms with van der Waals surface area (Å²) in [6.45, 7) is 1.71. The maximum atomic E-state index is 12.2. The summed E-state index contributed by atoms with van der Waals surface area (Å²) in [4.78, 5) is 12.0. The molecule has 0 aliphatic carbocycles. The van der Waals surface area contributed by atoms with Gasteiger partial charge in [-0.15, -0.1) is 0 Å². The van der Waals surface area contributed by atoms with Crippen LogP contribution in [0, 0.1) is 0 Å². The zero-order valence-corrected chi connectivity index (χ0v) is 14.9. The Hall–Kier alpha value is -1.70. The number of halogens is 1. The van der Waals surface area contributed by atoms with Crippen LogP contribution in [0.5, 0.6) is 0 Å². The quantitative estimate of drug-likeness (QED) is 0.787. The van der Waals surface area contributed by atoms with E-state index < -0.39 is 15.9 Å². The molecule has 0 aliphatic heterocycles. The van der Waals surface area contributed by atoms with Gasteiger partial charge in [-0.05, 0) is 52.2 Å². The number of carbonyl (C=O) groups excluding carboxylic acids is 1. The summed E-state index contributed by atoms with van der Waals surface area (Å²) in [5.74, 6) is -0.426. The van der Waals surface area contributed by atoms with E-state index in [0.717, 1.165) is 12.0 Å². The van der Waals surface area contributed by atoms with Gasteiger partial charge in [0.1, 0.15) is 0 Å². The second-order valence-corrected chi connectivity index (χ2v) is 7.44. The molecule has 0 fully saturated rings. The first-order valence-electron chi connectivity index (χ1n) is 7.05. The molecule has 5 nitrogen and oxygen atoms in total. The number of hydrogen-bond acceptors (Lipinski definition) is 3. The second-order valence-electron chi connectivity index (χ2n) is 4.85. The van der Waals surface area contributed by atoms with Crippen molar-refractivity contribution >= 4 is 37.5 Å². The van der Waals surface area contributed by atoms with Crippen LogP contribution in [-0.4, -0.2) is 20.9 Å². The smallest absolute Gasteiger partial charge is 0.242 e. The lowest BCUT2D eigenvalue weighted by atomic mass is 10.1. The van der Waals surface area contributed by atoms with E-state index in [1.54, 1.807) is 30.3 Å². The Labute approximate surface area is 144 Å². The van der Waals surface area contributed by atoms with E-state index in [1.807, 2.05) is 19.1 Å². The van der Waals surface area contributed by atoms with Crippen molar-refractivity contribution in [3.05, 3.63) is 58.6 Å². The molecule has 23 heavy (non-hydrogen) atoms. The zero-order chi connectivity index (χ0) is 16.9. The van der Waals surface area contributed by atoms with E-state index in [9.17, 15) is 13.2 Å². The summed E-state index contributed by atoms with van der Waals surface area (Å²) >= 11 is 3.19. The molecule has 0 spiro atoms. The van der Waals surface area contributed by atoms with Gasteiger partial charge in [0.2, 0.25) is 15.9 Å². The van der Waals surface area contributed by atoms with E-state index >= 15 is 0 Å². The summed E-state index contributed by atoms with van der Waals surface area (Å²) in [6, 6.07) is 13.8. The third kappa shape index (κ3) is 4.89. The predicted octanol–water partition coefficient (Wildman–Crippen LogP) is 2.93. The first kappa shape index (κ1) is 17.7. The molecular formula is C16H17BrN2O3S. The second kappa shape index (κ2) is 7.72. The molecule has 0 saturated carbocycles. The standard InChI is InChI=1S/C16H17BrN2O3S/c1-2-12-7-9-13(10-8-12)19-16(20)11-18-23(21,22)15-6-4-3-5-14(15)17/h3-10,18H,2,11H2,1H3,(H,19,20). The number of amides is 1. The lowest BCUT2D eigenvalue weighted by molar-refractivity contribution is -0.115.